The molecule has 0 unspecified atom stereocenters. The largest absolute Gasteiger partial charge is 0.440 e. The minimum atomic E-state index is -0.138. The number of hydrogen-bond donors (Lipinski definition) is 0. The number of benzene rings is 2. The lowest BCUT2D eigenvalue weighted by Gasteiger charge is -2.00. The Morgan fingerprint density at radius 1 is 1.10 bits per heavy atom. The molecule has 0 N–H and O–H groups in total. The topological polar surface area (TPSA) is 43.1 Å². The van der Waals surface area contributed by atoms with Crippen LogP contribution in [-0.2, 0) is 6.42 Å². The summed E-state index contributed by atoms with van der Waals surface area (Å²) in [5.74, 6) is 0.244. The highest BCUT2D eigenvalue weighted by Crippen LogP contribution is 2.21. The second kappa shape index (κ2) is 5.27. The normalized spacial score (nSPS) is 10.9. The predicted octanol–water partition coefficient (Wildman–Crippen LogP) is 4.56. The van der Waals surface area contributed by atoms with Gasteiger partial charge in [0.25, 0.3) is 0 Å². The van der Waals surface area contributed by atoms with Crippen molar-refractivity contribution in [1.82, 2.24) is 4.98 Å². The van der Waals surface area contributed by atoms with Gasteiger partial charge in [-0.2, -0.15) is 0 Å². The highest BCUT2D eigenvalue weighted by Gasteiger charge is 2.13. The van der Waals surface area contributed by atoms with Crippen LogP contribution in [0.2, 0.25) is 10.0 Å². The van der Waals surface area contributed by atoms with Crippen molar-refractivity contribution in [2.24, 2.45) is 0 Å². The van der Waals surface area contributed by atoms with E-state index in [0.717, 1.165) is 5.52 Å². The third-order valence-corrected chi connectivity index (χ3v) is 3.27. The monoisotopic (exact) mass is 305 g/mol. The Labute approximate surface area is 125 Å². The number of carbonyl (C=O) groups is 1. The van der Waals surface area contributed by atoms with Gasteiger partial charge >= 0.3 is 0 Å². The van der Waals surface area contributed by atoms with E-state index < -0.39 is 0 Å². The molecule has 5 heteroatoms. The summed E-state index contributed by atoms with van der Waals surface area (Å²) < 4.78 is 5.52. The van der Waals surface area contributed by atoms with Gasteiger partial charge in [0.2, 0.25) is 5.89 Å². The number of nitrogens with zero attached hydrogens (tertiary/aromatic N) is 1. The van der Waals surface area contributed by atoms with E-state index in [4.69, 9.17) is 27.6 Å². The summed E-state index contributed by atoms with van der Waals surface area (Å²) >= 11 is 11.8. The fraction of sp³-hybridized carbons (Fsp3) is 0.0667. The zero-order chi connectivity index (χ0) is 14.1. The standard InChI is InChI=1S/C15H9Cl2NO2/c16-10-5-9(6-11(17)7-10)13(19)8-15-18-12-3-1-2-4-14(12)20-15/h1-7H,8H2. The van der Waals surface area contributed by atoms with Gasteiger partial charge in [-0.25, -0.2) is 4.98 Å². The maximum Gasteiger partial charge on any atom is 0.203 e. The lowest BCUT2D eigenvalue weighted by atomic mass is 10.1. The summed E-state index contributed by atoms with van der Waals surface area (Å²) in [5.41, 5.74) is 1.85. The first-order valence-corrected chi connectivity index (χ1v) is 6.71. The smallest absolute Gasteiger partial charge is 0.203 e. The van der Waals surface area contributed by atoms with Crippen LogP contribution in [0.25, 0.3) is 11.1 Å². The molecular formula is C15H9Cl2NO2. The molecule has 1 heterocycles. The fourth-order valence-corrected chi connectivity index (χ4v) is 2.48. The Balaban J connectivity index is 1.88. The molecule has 3 rings (SSSR count). The summed E-state index contributed by atoms with van der Waals surface area (Å²) in [6, 6.07) is 12.1. The molecule has 1 aromatic heterocycles. The number of rotatable bonds is 3. The Kier molecular flexibility index (Phi) is 3.47. The molecule has 0 aliphatic carbocycles. The number of Topliss-reactive ketones (excluding diaryl/α,β-unsaturated/α-hetero) is 1. The van der Waals surface area contributed by atoms with Gasteiger partial charge in [-0.15, -0.1) is 0 Å². The molecule has 20 heavy (non-hydrogen) atoms. The van der Waals surface area contributed by atoms with Crippen LogP contribution in [0, 0.1) is 0 Å². The molecule has 3 nitrogen and oxygen atoms in total. The van der Waals surface area contributed by atoms with E-state index in [1.165, 1.54) is 0 Å². The summed E-state index contributed by atoms with van der Waals surface area (Å²) in [7, 11) is 0. The fourth-order valence-electron chi connectivity index (χ4n) is 1.95. The number of para-hydroxylation sites is 2. The van der Waals surface area contributed by atoms with Crippen molar-refractivity contribution in [3.63, 3.8) is 0 Å². The summed E-state index contributed by atoms with van der Waals surface area (Å²) in [6.45, 7) is 0. The minimum absolute atomic E-state index is 0.0748. The number of carbonyl (C=O) groups excluding carboxylic acids is 1. The Morgan fingerprint density at radius 3 is 2.50 bits per heavy atom. The van der Waals surface area contributed by atoms with Crippen LogP contribution in [-0.4, -0.2) is 10.8 Å². The van der Waals surface area contributed by atoms with Crippen LogP contribution in [0.1, 0.15) is 16.2 Å². The Bertz CT molecular complexity index is 742. The van der Waals surface area contributed by atoms with E-state index in [1.807, 2.05) is 24.3 Å². The summed E-state index contributed by atoms with van der Waals surface area (Å²) in [4.78, 5) is 16.4. The number of hydrogen-bond acceptors (Lipinski definition) is 3. The molecule has 0 amide bonds. The zero-order valence-corrected chi connectivity index (χ0v) is 11.8. The predicted molar refractivity (Wildman–Crippen MR) is 78.5 cm³/mol. The van der Waals surface area contributed by atoms with Crippen molar-refractivity contribution in [2.45, 2.75) is 6.42 Å². The first-order valence-electron chi connectivity index (χ1n) is 5.95. The first kappa shape index (κ1) is 13.2. The summed E-state index contributed by atoms with van der Waals surface area (Å²) in [5, 5.41) is 0.858. The lowest BCUT2D eigenvalue weighted by Crippen LogP contribution is -2.03. The van der Waals surface area contributed by atoms with Gasteiger partial charge < -0.3 is 4.42 Å². The molecule has 0 bridgehead atoms. The van der Waals surface area contributed by atoms with E-state index in [9.17, 15) is 4.79 Å². The second-order valence-electron chi connectivity index (χ2n) is 4.33. The maximum atomic E-state index is 12.2. The van der Waals surface area contributed by atoms with Gasteiger partial charge in [0.1, 0.15) is 5.52 Å². The number of fused-ring (bicyclic) bond motifs is 1. The summed E-state index contributed by atoms with van der Waals surface area (Å²) in [6.07, 6.45) is 0.0748. The average Bonchev–Trinajstić information content (AvgIpc) is 2.79. The SMILES string of the molecule is O=C(Cc1nc2ccccc2o1)c1cc(Cl)cc(Cl)c1. The number of oxazole rings is 1. The molecule has 3 aromatic rings. The minimum Gasteiger partial charge on any atom is -0.440 e. The van der Waals surface area contributed by atoms with Gasteiger partial charge in [-0.1, -0.05) is 35.3 Å². The van der Waals surface area contributed by atoms with E-state index in [1.54, 1.807) is 18.2 Å². The van der Waals surface area contributed by atoms with Gasteiger partial charge in [0.15, 0.2) is 11.4 Å². The van der Waals surface area contributed by atoms with Crippen molar-refractivity contribution < 1.29 is 9.21 Å². The molecular weight excluding hydrogens is 297 g/mol. The lowest BCUT2D eigenvalue weighted by molar-refractivity contribution is 0.0986. The van der Waals surface area contributed by atoms with Crippen LogP contribution < -0.4 is 0 Å². The van der Waals surface area contributed by atoms with E-state index in [2.05, 4.69) is 4.98 Å². The molecule has 0 fully saturated rings. The van der Waals surface area contributed by atoms with Crippen molar-refractivity contribution in [1.29, 1.82) is 0 Å². The van der Waals surface area contributed by atoms with E-state index in [-0.39, 0.29) is 12.2 Å². The molecule has 0 aliphatic rings. The van der Waals surface area contributed by atoms with Crippen molar-refractivity contribution in [3.8, 4) is 0 Å². The molecule has 100 valence electrons. The van der Waals surface area contributed by atoms with Crippen LogP contribution in [0.5, 0.6) is 0 Å². The van der Waals surface area contributed by atoms with Crippen LogP contribution >= 0.6 is 23.2 Å². The molecule has 0 radical (unpaired) electrons. The van der Waals surface area contributed by atoms with Crippen molar-refractivity contribution in [2.75, 3.05) is 0 Å². The van der Waals surface area contributed by atoms with Gasteiger partial charge in [-0.3, -0.25) is 4.79 Å². The van der Waals surface area contributed by atoms with E-state index >= 15 is 0 Å². The number of halogens is 2. The number of aromatic nitrogens is 1. The van der Waals surface area contributed by atoms with Crippen LogP contribution in [0.15, 0.2) is 46.9 Å². The molecule has 0 saturated heterocycles. The molecule has 2 aromatic carbocycles. The third-order valence-electron chi connectivity index (χ3n) is 2.83. The molecule has 0 saturated carbocycles. The molecule has 0 aliphatic heterocycles. The van der Waals surface area contributed by atoms with Crippen LogP contribution in [0.4, 0.5) is 0 Å². The molecule has 0 spiro atoms. The third kappa shape index (κ3) is 2.69. The quantitative estimate of drug-likeness (QED) is 0.666. The van der Waals surface area contributed by atoms with Gasteiger partial charge in [-0.05, 0) is 30.3 Å². The van der Waals surface area contributed by atoms with E-state index in [0.29, 0.717) is 27.1 Å². The van der Waals surface area contributed by atoms with Crippen molar-refractivity contribution >= 4 is 40.1 Å². The van der Waals surface area contributed by atoms with Crippen LogP contribution in [0.3, 0.4) is 0 Å². The maximum absolute atomic E-state index is 12.2. The Morgan fingerprint density at radius 2 is 1.80 bits per heavy atom. The van der Waals surface area contributed by atoms with Gasteiger partial charge in [0, 0.05) is 15.6 Å². The Hall–Kier alpha value is -1.84. The molecule has 0 atom stereocenters. The van der Waals surface area contributed by atoms with Crippen molar-refractivity contribution in [3.05, 3.63) is 64.0 Å². The zero-order valence-electron chi connectivity index (χ0n) is 10.3. The average molecular weight is 306 g/mol. The second-order valence-corrected chi connectivity index (χ2v) is 5.21. The first-order chi connectivity index (χ1) is 9.61. The highest BCUT2D eigenvalue weighted by molar-refractivity contribution is 6.35. The highest BCUT2D eigenvalue weighted by atomic mass is 35.5. The number of ketones is 1. The van der Waals surface area contributed by atoms with Gasteiger partial charge in [0.05, 0.1) is 6.42 Å².